The van der Waals surface area contributed by atoms with Gasteiger partial charge in [0.1, 0.15) is 6.61 Å². The monoisotopic (exact) mass is 169 g/mol. The highest BCUT2D eigenvalue weighted by Crippen LogP contribution is 2.12. The second-order valence-corrected chi connectivity index (χ2v) is 3.35. The van der Waals surface area contributed by atoms with Crippen molar-refractivity contribution >= 4 is 5.90 Å². The molecule has 1 rings (SSSR count). The fourth-order valence-corrected chi connectivity index (χ4v) is 1.34. The zero-order valence-electron chi connectivity index (χ0n) is 8.18. The minimum atomic E-state index is 0.446. The molecule has 1 heterocycles. The molecule has 0 amide bonds. The molecule has 1 aliphatic heterocycles. The van der Waals surface area contributed by atoms with Crippen molar-refractivity contribution in [1.82, 2.24) is 0 Å². The van der Waals surface area contributed by atoms with E-state index in [-0.39, 0.29) is 0 Å². The Morgan fingerprint density at radius 2 is 2.25 bits per heavy atom. The maximum atomic E-state index is 5.45. The van der Waals surface area contributed by atoms with Gasteiger partial charge >= 0.3 is 0 Å². The van der Waals surface area contributed by atoms with Crippen molar-refractivity contribution in [2.24, 2.45) is 4.99 Å². The van der Waals surface area contributed by atoms with E-state index in [0.717, 1.165) is 25.3 Å². The second-order valence-electron chi connectivity index (χ2n) is 3.35. The summed E-state index contributed by atoms with van der Waals surface area (Å²) in [4.78, 5) is 4.47. The zero-order valence-corrected chi connectivity index (χ0v) is 8.18. The third-order valence-corrected chi connectivity index (χ3v) is 2.23. The maximum absolute atomic E-state index is 5.45. The Hall–Kier alpha value is -0.530. The lowest BCUT2D eigenvalue weighted by molar-refractivity contribution is 0.306. The molecule has 0 radical (unpaired) electrons. The quantitative estimate of drug-likeness (QED) is 0.580. The van der Waals surface area contributed by atoms with Crippen molar-refractivity contribution < 1.29 is 4.74 Å². The summed E-state index contributed by atoms with van der Waals surface area (Å²) in [5.41, 5.74) is 0. The molecule has 1 aliphatic rings. The van der Waals surface area contributed by atoms with E-state index in [1.54, 1.807) is 0 Å². The van der Waals surface area contributed by atoms with Crippen LogP contribution < -0.4 is 0 Å². The average molecular weight is 169 g/mol. The average Bonchev–Trinajstić information content (AvgIpc) is 2.53. The van der Waals surface area contributed by atoms with Gasteiger partial charge in [-0.15, -0.1) is 0 Å². The molecule has 0 spiro atoms. The number of hydrogen-bond donors (Lipinski definition) is 0. The van der Waals surface area contributed by atoms with Gasteiger partial charge < -0.3 is 4.74 Å². The van der Waals surface area contributed by atoms with Crippen LogP contribution in [-0.4, -0.2) is 18.5 Å². The summed E-state index contributed by atoms with van der Waals surface area (Å²) in [6.07, 6.45) is 5.94. The molecule has 1 unspecified atom stereocenters. The zero-order chi connectivity index (χ0) is 8.81. The Kier molecular flexibility index (Phi) is 4.12. The molecule has 1 atom stereocenters. The Bertz CT molecular complexity index is 154. The lowest BCUT2D eigenvalue weighted by Crippen LogP contribution is -2.03. The summed E-state index contributed by atoms with van der Waals surface area (Å²) in [5, 5.41) is 0. The van der Waals surface area contributed by atoms with E-state index in [9.17, 15) is 0 Å². The molecule has 0 saturated carbocycles. The molecule has 2 heteroatoms. The van der Waals surface area contributed by atoms with Crippen molar-refractivity contribution in [3.8, 4) is 0 Å². The van der Waals surface area contributed by atoms with Gasteiger partial charge in [0.05, 0.1) is 6.04 Å². The van der Waals surface area contributed by atoms with Crippen LogP contribution in [0.4, 0.5) is 0 Å². The van der Waals surface area contributed by atoms with Crippen molar-refractivity contribution in [2.75, 3.05) is 6.61 Å². The van der Waals surface area contributed by atoms with Gasteiger partial charge in [-0.2, -0.15) is 0 Å². The van der Waals surface area contributed by atoms with Gasteiger partial charge in [-0.05, 0) is 12.8 Å². The molecule has 70 valence electrons. The first-order valence-corrected chi connectivity index (χ1v) is 5.06. The van der Waals surface area contributed by atoms with E-state index in [4.69, 9.17) is 4.74 Å². The number of ether oxygens (including phenoxy) is 1. The Labute approximate surface area is 75.0 Å². The van der Waals surface area contributed by atoms with Crippen LogP contribution in [0, 0.1) is 0 Å². The van der Waals surface area contributed by atoms with Crippen LogP contribution in [-0.2, 0) is 4.74 Å². The van der Waals surface area contributed by atoms with E-state index in [1.165, 1.54) is 19.3 Å². The molecule has 0 aromatic rings. The van der Waals surface area contributed by atoms with Gasteiger partial charge in [-0.1, -0.05) is 26.7 Å². The largest absolute Gasteiger partial charge is 0.479 e. The highest BCUT2D eigenvalue weighted by atomic mass is 16.5. The number of aliphatic imine (C=N–C) groups is 1. The maximum Gasteiger partial charge on any atom is 0.183 e. The van der Waals surface area contributed by atoms with Crippen molar-refractivity contribution in [3.63, 3.8) is 0 Å². The molecule has 2 nitrogen and oxygen atoms in total. The van der Waals surface area contributed by atoms with E-state index >= 15 is 0 Å². The van der Waals surface area contributed by atoms with Crippen molar-refractivity contribution in [2.45, 2.75) is 52.0 Å². The topological polar surface area (TPSA) is 21.6 Å². The molecule has 12 heavy (non-hydrogen) atoms. The number of unbranched alkanes of at least 4 members (excludes halogenated alkanes) is 2. The van der Waals surface area contributed by atoms with E-state index < -0.39 is 0 Å². The fraction of sp³-hybridized carbons (Fsp3) is 0.900. The third kappa shape index (κ3) is 2.84. The lowest BCUT2D eigenvalue weighted by atomic mass is 10.2. The standard InChI is InChI=1S/C10H19NO/c1-3-5-6-7-10-11-9(4-2)8-12-10/h9H,3-8H2,1-2H3. The van der Waals surface area contributed by atoms with Crippen LogP contribution in [0.15, 0.2) is 4.99 Å². The highest BCUT2D eigenvalue weighted by molar-refractivity contribution is 5.77. The molecule has 0 aromatic heterocycles. The normalized spacial score (nSPS) is 22.2. The smallest absolute Gasteiger partial charge is 0.183 e. The minimum Gasteiger partial charge on any atom is -0.479 e. The summed E-state index contributed by atoms with van der Waals surface area (Å²) >= 11 is 0. The molecular weight excluding hydrogens is 150 g/mol. The van der Waals surface area contributed by atoms with Crippen LogP contribution in [0.3, 0.4) is 0 Å². The van der Waals surface area contributed by atoms with Crippen LogP contribution in [0.5, 0.6) is 0 Å². The summed E-state index contributed by atoms with van der Waals surface area (Å²) < 4.78 is 5.45. The molecule has 0 fully saturated rings. The molecule has 0 aromatic carbocycles. The first-order chi connectivity index (χ1) is 5.86. The summed E-state index contributed by atoms with van der Waals surface area (Å²) in [7, 11) is 0. The van der Waals surface area contributed by atoms with Crippen molar-refractivity contribution in [1.29, 1.82) is 0 Å². The lowest BCUT2D eigenvalue weighted by Gasteiger charge is -1.99. The van der Waals surface area contributed by atoms with Gasteiger partial charge in [0.25, 0.3) is 0 Å². The van der Waals surface area contributed by atoms with Crippen molar-refractivity contribution in [3.05, 3.63) is 0 Å². The minimum absolute atomic E-state index is 0.446. The number of rotatable bonds is 5. The van der Waals surface area contributed by atoms with Crippen LogP contribution in [0.25, 0.3) is 0 Å². The Morgan fingerprint density at radius 1 is 1.42 bits per heavy atom. The summed E-state index contributed by atoms with van der Waals surface area (Å²) in [5.74, 6) is 0.996. The van der Waals surface area contributed by atoms with Gasteiger partial charge in [0, 0.05) is 6.42 Å². The molecule has 0 N–H and O–H groups in total. The predicted octanol–water partition coefficient (Wildman–Crippen LogP) is 2.77. The van der Waals surface area contributed by atoms with Gasteiger partial charge in [-0.3, -0.25) is 0 Å². The third-order valence-electron chi connectivity index (χ3n) is 2.23. The SMILES string of the molecule is CCCCCC1=NC(CC)CO1. The van der Waals surface area contributed by atoms with E-state index in [2.05, 4.69) is 18.8 Å². The second kappa shape index (κ2) is 5.18. The molecule has 0 bridgehead atoms. The fourth-order valence-electron chi connectivity index (χ4n) is 1.34. The van der Waals surface area contributed by atoms with E-state index in [0.29, 0.717) is 6.04 Å². The van der Waals surface area contributed by atoms with E-state index in [1.807, 2.05) is 0 Å². The Balaban J connectivity index is 2.16. The first kappa shape index (κ1) is 9.56. The van der Waals surface area contributed by atoms with Crippen LogP contribution >= 0.6 is 0 Å². The predicted molar refractivity (Wildman–Crippen MR) is 51.6 cm³/mol. The number of nitrogens with zero attached hydrogens (tertiary/aromatic N) is 1. The summed E-state index contributed by atoms with van der Waals surface area (Å²) in [6, 6.07) is 0.446. The van der Waals surface area contributed by atoms with Gasteiger partial charge in [-0.25, -0.2) is 4.99 Å². The van der Waals surface area contributed by atoms with Crippen LogP contribution in [0.2, 0.25) is 0 Å². The molecule has 0 aliphatic carbocycles. The Morgan fingerprint density at radius 3 is 2.83 bits per heavy atom. The van der Waals surface area contributed by atoms with Crippen LogP contribution in [0.1, 0.15) is 46.0 Å². The van der Waals surface area contributed by atoms with Gasteiger partial charge in [0.2, 0.25) is 0 Å². The highest BCUT2D eigenvalue weighted by Gasteiger charge is 2.15. The van der Waals surface area contributed by atoms with Gasteiger partial charge in [0.15, 0.2) is 5.90 Å². The summed E-state index contributed by atoms with van der Waals surface area (Å²) in [6.45, 7) is 5.19. The number of hydrogen-bond acceptors (Lipinski definition) is 2. The first-order valence-electron chi connectivity index (χ1n) is 5.06. The molecule has 0 saturated heterocycles. The molecular formula is C10H19NO.